The molecule has 1 unspecified atom stereocenters. The van der Waals surface area contributed by atoms with E-state index in [2.05, 4.69) is 0 Å². The summed E-state index contributed by atoms with van der Waals surface area (Å²) in [6.07, 6.45) is 4.53. The van der Waals surface area contributed by atoms with E-state index in [0.717, 1.165) is 0 Å². The maximum Gasteiger partial charge on any atom is 0.342 e. The minimum absolute atomic E-state index is 0.0197. The van der Waals surface area contributed by atoms with Crippen LogP contribution >= 0.6 is 23.2 Å². The minimum Gasteiger partial charge on any atom is -0.462 e. The van der Waals surface area contributed by atoms with Crippen LogP contribution in [0.5, 0.6) is 0 Å². The first-order chi connectivity index (χ1) is 16.4. The van der Waals surface area contributed by atoms with Crippen molar-refractivity contribution in [2.75, 3.05) is 6.73 Å². The number of carbonyl (C=O) groups is 2. The summed E-state index contributed by atoms with van der Waals surface area (Å²) in [6.45, 7) is 4.33. The molecule has 0 fully saturated rings. The molecular formula is C24H21Cl2NO7S. The molecule has 1 N–H and O–H groups in total. The number of fused-ring (bicyclic) bond motifs is 1. The van der Waals surface area contributed by atoms with Crippen molar-refractivity contribution < 1.29 is 32.6 Å². The highest BCUT2D eigenvalue weighted by Gasteiger charge is 2.46. The molecule has 2 aliphatic rings. The van der Waals surface area contributed by atoms with Gasteiger partial charge in [-0.2, -0.15) is 4.31 Å². The van der Waals surface area contributed by atoms with Crippen molar-refractivity contribution in [3.63, 3.8) is 0 Å². The zero-order valence-electron chi connectivity index (χ0n) is 18.9. The van der Waals surface area contributed by atoms with Crippen LogP contribution < -0.4 is 0 Å². The molecule has 0 aromatic heterocycles. The normalized spacial score (nSPS) is 20.5. The van der Waals surface area contributed by atoms with Crippen molar-refractivity contribution in [1.82, 2.24) is 4.31 Å². The first-order valence-corrected chi connectivity index (χ1v) is 12.7. The fraction of sp³-hybridized carbons (Fsp3) is 0.250. The number of nitrogens with zero attached hydrogens (tertiary/aromatic N) is 1. The number of hydrogen-bond acceptors (Lipinski definition) is 7. The SMILES string of the molecule is CC1=CC=COC1(O)c1cc(C(C)C)c2c(c1)S(=O)(=O)N(COC(=O)c1c(Cl)cccc1Cl)C2=O. The highest BCUT2D eigenvalue weighted by atomic mass is 35.5. The third-order valence-corrected chi connectivity index (χ3v) is 8.19. The number of rotatable bonds is 5. The van der Waals surface area contributed by atoms with Gasteiger partial charge in [-0.05, 0) is 48.7 Å². The molecule has 35 heavy (non-hydrogen) atoms. The summed E-state index contributed by atoms with van der Waals surface area (Å²) >= 11 is 12.0. The number of aliphatic hydroxyl groups is 1. The first-order valence-electron chi connectivity index (χ1n) is 10.5. The molecule has 0 radical (unpaired) electrons. The number of hydrogen-bond donors (Lipinski definition) is 1. The van der Waals surface area contributed by atoms with Gasteiger partial charge in [0, 0.05) is 11.1 Å². The van der Waals surface area contributed by atoms with Gasteiger partial charge >= 0.3 is 5.97 Å². The summed E-state index contributed by atoms with van der Waals surface area (Å²) in [4.78, 5) is 25.5. The van der Waals surface area contributed by atoms with Crippen LogP contribution in [0.25, 0.3) is 0 Å². The second kappa shape index (κ2) is 8.98. The third kappa shape index (κ3) is 4.12. The zero-order valence-corrected chi connectivity index (χ0v) is 21.2. The average molecular weight is 538 g/mol. The van der Waals surface area contributed by atoms with E-state index in [4.69, 9.17) is 32.7 Å². The molecule has 1 atom stereocenters. The highest BCUT2D eigenvalue weighted by molar-refractivity contribution is 7.90. The van der Waals surface area contributed by atoms with Crippen molar-refractivity contribution in [3.05, 3.63) is 86.6 Å². The molecule has 1 amide bonds. The molecule has 8 nitrogen and oxygen atoms in total. The number of ether oxygens (including phenoxy) is 2. The monoisotopic (exact) mass is 537 g/mol. The van der Waals surface area contributed by atoms with E-state index in [1.54, 1.807) is 39.0 Å². The topological polar surface area (TPSA) is 110 Å². The van der Waals surface area contributed by atoms with Crippen LogP contribution in [0, 0.1) is 0 Å². The Kier molecular flexibility index (Phi) is 6.48. The summed E-state index contributed by atoms with van der Waals surface area (Å²) < 4.78 is 37.8. The number of benzene rings is 2. The molecule has 0 saturated carbocycles. The predicted octanol–water partition coefficient (Wildman–Crippen LogP) is 4.71. The number of esters is 1. The van der Waals surface area contributed by atoms with Crippen LogP contribution in [0.4, 0.5) is 0 Å². The minimum atomic E-state index is -4.42. The van der Waals surface area contributed by atoms with Crippen LogP contribution in [-0.4, -0.2) is 36.4 Å². The fourth-order valence-electron chi connectivity index (χ4n) is 3.91. The predicted molar refractivity (Wildman–Crippen MR) is 129 cm³/mol. The van der Waals surface area contributed by atoms with Gasteiger partial charge in [0.15, 0.2) is 6.73 Å². The summed E-state index contributed by atoms with van der Waals surface area (Å²) in [6, 6.07) is 7.15. The molecule has 0 spiro atoms. The van der Waals surface area contributed by atoms with Crippen molar-refractivity contribution in [1.29, 1.82) is 0 Å². The number of amides is 1. The number of carbonyl (C=O) groups excluding carboxylic acids is 2. The molecule has 2 aromatic rings. The molecule has 2 heterocycles. The van der Waals surface area contributed by atoms with Crippen molar-refractivity contribution in [3.8, 4) is 0 Å². The lowest BCUT2D eigenvalue weighted by atomic mass is 9.89. The van der Waals surface area contributed by atoms with Gasteiger partial charge in [0.25, 0.3) is 21.7 Å². The fourth-order valence-corrected chi connectivity index (χ4v) is 5.94. The van der Waals surface area contributed by atoms with Gasteiger partial charge in [0.05, 0.1) is 27.4 Å². The van der Waals surface area contributed by atoms with Gasteiger partial charge in [0.2, 0.25) is 0 Å². The molecule has 2 aliphatic heterocycles. The van der Waals surface area contributed by atoms with Gasteiger partial charge in [-0.3, -0.25) is 4.79 Å². The van der Waals surface area contributed by atoms with Crippen LogP contribution in [0.1, 0.15) is 58.5 Å². The lowest BCUT2D eigenvalue weighted by Gasteiger charge is -2.31. The van der Waals surface area contributed by atoms with Gasteiger partial charge in [-0.25, -0.2) is 13.2 Å². The molecule has 2 aromatic carbocycles. The lowest BCUT2D eigenvalue weighted by molar-refractivity contribution is -0.145. The summed E-state index contributed by atoms with van der Waals surface area (Å²) in [7, 11) is -4.42. The van der Waals surface area contributed by atoms with Crippen molar-refractivity contribution >= 4 is 45.1 Å². The average Bonchev–Trinajstić information content (AvgIpc) is 2.98. The van der Waals surface area contributed by atoms with Crippen LogP contribution in [-0.2, 0) is 25.3 Å². The molecule has 0 saturated heterocycles. The zero-order chi connectivity index (χ0) is 25.7. The molecule has 0 aliphatic carbocycles. The Bertz CT molecular complexity index is 1390. The summed E-state index contributed by atoms with van der Waals surface area (Å²) in [5, 5.41) is 11.2. The van der Waals surface area contributed by atoms with Crippen LogP contribution in [0.2, 0.25) is 10.0 Å². The van der Waals surface area contributed by atoms with Gasteiger partial charge in [-0.1, -0.05) is 49.2 Å². The van der Waals surface area contributed by atoms with E-state index in [1.165, 1.54) is 30.5 Å². The summed E-state index contributed by atoms with van der Waals surface area (Å²) in [5.74, 6) is -4.02. The third-order valence-electron chi connectivity index (χ3n) is 5.83. The second-order valence-electron chi connectivity index (χ2n) is 8.35. The Morgan fingerprint density at radius 2 is 1.89 bits per heavy atom. The Balaban J connectivity index is 1.73. The Morgan fingerprint density at radius 3 is 2.49 bits per heavy atom. The van der Waals surface area contributed by atoms with E-state index in [1.807, 2.05) is 0 Å². The molecule has 184 valence electrons. The van der Waals surface area contributed by atoms with E-state index >= 15 is 0 Å². The van der Waals surface area contributed by atoms with Gasteiger partial charge in [-0.15, -0.1) is 0 Å². The Morgan fingerprint density at radius 1 is 1.23 bits per heavy atom. The number of sulfonamides is 1. The summed E-state index contributed by atoms with van der Waals surface area (Å²) in [5.41, 5.74) is 0.782. The van der Waals surface area contributed by atoms with E-state index in [-0.39, 0.29) is 37.5 Å². The van der Waals surface area contributed by atoms with Gasteiger partial charge in [0.1, 0.15) is 4.90 Å². The lowest BCUT2D eigenvalue weighted by Crippen LogP contribution is -2.33. The van der Waals surface area contributed by atoms with Crippen molar-refractivity contribution in [2.45, 2.75) is 37.4 Å². The quantitative estimate of drug-likeness (QED) is 0.549. The Labute approximate surface area is 212 Å². The van der Waals surface area contributed by atoms with Crippen LogP contribution in [0.3, 0.4) is 0 Å². The van der Waals surface area contributed by atoms with E-state index in [0.29, 0.717) is 15.4 Å². The molecular weight excluding hydrogens is 517 g/mol. The smallest absolute Gasteiger partial charge is 0.342 e. The van der Waals surface area contributed by atoms with E-state index < -0.39 is 34.4 Å². The highest BCUT2D eigenvalue weighted by Crippen LogP contribution is 2.42. The maximum absolute atomic E-state index is 13.4. The molecule has 4 rings (SSSR count). The van der Waals surface area contributed by atoms with E-state index in [9.17, 15) is 23.1 Å². The van der Waals surface area contributed by atoms with Crippen molar-refractivity contribution in [2.24, 2.45) is 0 Å². The largest absolute Gasteiger partial charge is 0.462 e. The number of allylic oxidation sites excluding steroid dienone is 2. The number of halogens is 2. The van der Waals surface area contributed by atoms with Crippen LogP contribution in [0.15, 0.2) is 59.2 Å². The second-order valence-corrected chi connectivity index (χ2v) is 11.0. The molecule has 11 heteroatoms. The molecule has 0 bridgehead atoms. The Hall–Kier alpha value is -2.85. The first kappa shape index (κ1) is 25.2. The van der Waals surface area contributed by atoms with Gasteiger partial charge < -0.3 is 14.6 Å². The standard InChI is InChI=1S/C24H21Cl2NO7S/c1-13(2)16-10-15(24(30)14(3)6-5-9-34-24)11-19-20(16)22(28)27(35(19,31)32)12-33-23(29)21-17(25)7-4-8-18(21)26/h4-11,13,30H,12H2,1-3H3. The maximum atomic E-state index is 13.4.